The first-order chi connectivity index (χ1) is 10.2. The third kappa shape index (κ3) is 2.34. The Morgan fingerprint density at radius 3 is 2.52 bits per heavy atom. The molecule has 0 aliphatic heterocycles. The van der Waals surface area contributed by atoms with Crippen LogP contribution in [0.2, 0.25) is 0 Å². The van der Waals surface area contributed by atoms with Gasteiger partial charge in [0.1, 0.15) is 11.4 Å². The lowest BCUT2D eigenvalue weighted by Gasteiger charge is -2.38. The van der Waals surface area contributed by atoms with Gasteiger partial charge in [-0.1, -0.05) is 49.4 Å². The topological polar surface area (TPSA) is 29.5 Å². The van der Waals surface area contributed by atoms with E-state index in [2.05, 4.69) is 19.1 Å². The summed E-state index contributed by atoms with van der Waals surface area (Å²) in [5.41, 5.74) is 2.20. The highest BCUT2D eigenvalue weighted by Gasteiger charge is 2.39. The molecule has 2 aromatic carbocycles. The lowest BCUT2D eigenvalue weighted by Crippen LogP contribution is -2.33. The highest BCUT2D eigenvalue weighted by atomic mass is 16.5. The molecule has 21 heavy (non-hydrogen) atoms. The van der Waals surface area contributed by atoms with E-state index >= 15 is 0 Å². The van der Waals surface area contributed by atoms with E-state index in [0.717, 1.165) is 29.7 Å². The van der Waals surface area contributed by atoms with Crippen LogP contribution >= 0.6 is 0 Å². The zero-order chi connectivity index (χ0) is 14.9. The van der Waals surface area contributed by atoms with Crippen LogP contribution in [0.1, 0.15) is 49.3 Å². The van der Waals surface area contributed by atoms with Crippen LogP contribution in [-0.2, 0) is 5.60 Å². The Hall–Kier alpha value is -1.80. The molecule has 0 heterocycles. The van der Waals surface area contributed by atoms with Gasteiger partial charge in [0.15, 0.2) is 0 Å². The van der Waals surface area contributed by atoms with E-state index in [-0.39, 0.29) is 0 Å². The fourth-order valence-electron chi connectivity index (χ4n) is 3.39. The summed E-state index contributed by atoms with van der Waals surface area (Å²) in [5, 5.41) is 11.4. The van der Waals surface area contributed by atoms with Crippen molar-refractivity contribution in [2.45, 2.75) is 38.2 Å². The molecule has 0 saturated heterocycles. The number of ether oxygens (including phenoxy) is 1. The number of benzene rings is 2. The fourth-order valence-corrected chi connectivity index (χ4v) is 3.39. The molecule has 2 atom stereocenters. The summed E-state index contributed by atoms with van der Waals surface area (Å²) in [6.45, 7) is 4.80. The maximum Gasteiger partial charge on any atom is 0.125 e. The summed E-state index contributed by atoms with van der Waals surface area (Å²) >= 11 is 0. The molecule has 2 heteroatoms. The molecule has 0 saturated carbocycles. The van der Waals surface area contributed by atoms with Crippen molar-refractivity contribution in [1.29, 1.82) is 0 Å². The smallest absolute Gasteiger partial charge is 0.125 e. The predicted molar refractivity (Wildman–Crippen MR) is 84.7 cm³/mol. The summed E-state index contributed by atoms with van der Waals surface area (Å²) in [5.74, 6) is 1.27. The van der Waals surface area contributed by atoms with Crippen molar-refractivity contribution in [1.82, 2.24) is 0 Å². The second-order valence-electron chi connectivity index (χ2n) is 5.82. The molecule has 0 bridgehead atoms. The van der Waals surface area contributed by atoms with Crippen LogP contribution in [-0.4, -0.2) is 11.7 Å². The van der Waals surface area contributed by atoms with Gasteiger partial charge in [-0.05, 0) is 42.9 Å². The number of rotatable bonds is 3. The first-order valence-electron chi connectivity index (χ1n) is 7.71. The van der Waals surface area contributed by atoms with Crippen molar-refractivity contribution in [2.24, 2.45) is 0 Å². The highest BCUT2D eigenvalue weighted by molar-refractivity contribution is 5.49. The molecule has 0 fully saturated rings. The Morgan fingerprint density at radius 2 is 1.76 bits per heavy atom. The quantitative estimate of drug-likeness (QED) is 0.913. The molecule has 1 aliphatic rings. The average molecular weight is 282 g/mol. The molecule has 1 aliphatic carbocycles. The minimum atomic E-state index is -0.950. The molecule has 2 aromatic rings. The molecule has 0 amide bonds. The summed E-state index contributed by atoms with van der Waals surface area (Å²) < 4.78 is 5.74. The number of para-hydroxylation sites is 1. The normalized spacial score (nSPS) is 24.4. The summed E-state index contributed by atoms with van der Waals surface area (Å²) in [6.07, 6.45) is 1.71. The van der Waals surface area contributed by atoms with Crippen molar-refractivity contribution >= 4 is 0 Å². The summed E-state index contributed by atoms with van der Waals surface area (Å²) in [4.78, 5) is 0. The standard InChI is InChI=1S/C19H22O2/c1-3-21-18-11-7-6-10-17(18)19(20)13-12-14(2)15-8-4-5-9-16(15)19/h4-11,14,20H,3,12-13H2,1-2H3. The molecule has 1 N–H and O–H groups in total. The Morgan fingerprint density at radius 1 is 1.10 bits per heavy atom. The molecule has 2 nitrogen and oxygen atoms in total. The lowest BCUT2D eigenvalue weighted by molar-refractivity contribution is 0.0548. The minimum Gasteiger partial charge on any atom is -0.493 e. The van der Waals surface area contributed by atoms with Crippen molar-refractivity contribution in [3.05, 3.63) is 65.2 Å². The van der Waals surface area contributed by atoms with Crippen LogP contribution in [0.5, 0.6) is 5.75 Å². The summed E-state index contributed by atoms with van der Waals surface area (Å²) in [6, 6.07) is 16.1. The van der Waals surface area contributed by atoms with E-state index in [1.54, 1.807) is 0 Å². The third-order valence-corrected chi connectivity index (χ3v) is 4.51. The van der Waals surface area contributed by atoms with Gasteiger partial charge in [0.2, 0.25) is 0 Å². The third-order valence-electron chi connectivity index (χ3n) is 4.51. The molecule has 0 aromatic heterocycles. The van der Waals surface area contributed by atoms with E-state index in [4.69, 9.17) is 4.74 Å². The first-order valence-corrected chi connectivity index (χ1v) is 7.71. The highest BCUT2D eigenvalue weighted by Crippen LogP contribution is 2.47. The van der Waals surface area contributed by atoms with Gasteiger partial charge in [0, 0.05) is 5.56 Å². The molecule has 0 radical (unpaired) electrons. The second-order valence-corrected chi connectivity index (χ2v) is 5.82. The molecule has 2 unspecified atom stereocenters. The largest absolute Gasteiger partial charge is 0.493 e. The van der Waals surface area contributed by atoms with Crippen LogP contribution in [0.4, 0.5) is 0 Å². The second kappa shape index (κ2) is 5.53. The summed E-state index contributed by atoms with van der Waals surface area (Å²) in [7, 11) is 0. The van der Waals surface area contributed by atoms with Gasteiger partial charge in [0.05, 0.1) is 6.61 Å². The van der Waals surface area contributed by atoms with Gasteiger partial charge in [-0.2, -0.15) is 0 Å². The van der Waals surface area contributed by atoms with Crippen LogP contribution in [0.15, 0.2) is 48.5 Å². The molecule has 110 valence electrons. The maximum atomic E-state index is 11.4. The van der Waals surface area contributed by atoms with E-state index in [1.807, 2.05) is 43.3 Å². The maximum absolute atomic E-state index is 11.4. The zero-order valence-corrected chi connectivity index (χ0v) is 12.7. The predicted octanol–water partition coefficient (Wildman–Crippen LogP) is 4.22. The fraction of sp³-hybridized carbons (Fsp3) is 0.368. The number of hydrogen-bond donors (Lipinski definition) is 1. The number of aliphatic hydroxyl groups is 1. The molecule has 3 rings (SSSR count). The van der Waals surface area contributed by atoms with Crippen LogP contribution < -0.4 is 4.74 Å². The van der Waals surface area contributed by atoms with E-state index in [1.165, 1.54) is 5.56 Å². The van der Waals surface area contributed by atoms with Crippen molar-refractivity contribution in [3.8, 4) is 5.75 Å². The minimum absolute atomic E-state index is 0.487. The van der Waals surface area contributed by atoms with Gasteiger partial charge >= 0.3 is 0 Å². The Kier molecular flexibility index (Phi) is 3.73. The Bertz CT molecular complexity index is 635. The van der Waals surface area contributed by atoms with Gasteiger partial charge in [-0.3, -0.25) is 0 Å². The van der Waals surface area contributed by atoms with Gasteiger partial charge in [0.25, 0.3) is 0 Å². The van der Waals surface area contributed by atoms with Crippen molar-refractivity contribution in [2.75, 3.05) is 6.61 Å². The van der Waals surface area contributed by atoms with Gasteiger partial charge in [-0.15, -0.1) is 0 Å². The van der Waals surface area contributed by atoms with E-state index < -0.39 is 5.60 Å². The molecule has 0 spiro atoms. The van der Waals surface area contributed by atoms with Gasteiger partial charge in [-0.25, -0.2) is 0 Å². The number of hydrogen-bond acceptors (Lipinski definition) is 2. The van der Waals surface area contributed by atoms with Crippen molar-refractivity contribution in [3.63, 3.8) is 0 Å². The number of fused-ring (bicyclic) bond motifs is 1. The van der Waals surface area contributed by atoms with Gasteiger partial charge < -0.3 is 9.84 Å². The van der Waals surface area contributed by atoms with Crippen LogP contribution in [0, 0.1) is 0 Å². The average Bonchev–Trinajstić information content (AvgIpc) is 2.52. The Labute approximate surface area is 126 Å². The first kappa shape index (κ1) is 14.2. The van der Waals surface area contributed by atoms with E-state index in [0.29, 0.717) is 12.5 Å². The SMILES string of the molecule is CCOc1ccccc1C1(O)CCC(C)c2ccccc21. The molecular weight excluding hydrogens is 260 g/mol. The monoisotopic (exact) mass is 282 g/mol. The molecular formula is C19H22O2. The lowest BCUT2D eigenvalue weighted by atomic mass is 9.71. The Balaban J connectivity index is 2.16. The van der Waals surface area contributed by atoms with Crippen LogP contribution in [0.25, 0.3) is 0 Å². The van der Waals surface area contributed by atoms with Crippen molar-refractivity contribution < 1.29 is 9.84 Å². The zero-order valence-electron chi connectivity index (χ0n) is 12.7. The van der Waals surface area contributed by atoms with E-state index in [9.17, 15) is 5.11 Å². The van der Waals surface area contributed by atoms with Crippen LogP contribution in [0.3, 0.4) is 0 Å².